The smallest absolute Gasteiger partial charge is 0.244 e. The second-order valence-electron chi connectivity index (χ2n) is 5.58. The number of carbonyl (C=O) groups is 1. The molecule has 1 heterocycles. The first-order valence-electron chi connectivity index (χ1n) is 7.20. The molecule has 24 heavy (non-hydrogen) atoms. The lowest BCUT2D eigenvalue weighted by atomic mass is 10.1. The van der Waals surface area contributed by atoms with Crippen LogP contribution in [0.25, 0.3) is 0 Å². The first kappa shape index (κ1) is 19.0. The predicted octanol–water partition coefficient (Wildman–Crippen LogP) is 3.16. The molecule has 0 aliphatic rings. The summed E-state index contributed by atoms with van der Waals surface area (Å²) in [6.07, 6.45) is 0. The first-order valence-corrected chi connectivity index (χ1v) is 10.4. The number of aromatic nitrogens is 1. The molecule has 1 atom stereocenters. The van der Waals surface area contributed by atoms with Gasteiger partial charge < -0.3 is 5.32 Å². The lowest BCUT2D eigenvalue weighted by Gasteiger charge is -2.21. The number of hydrogen-bond donors (Lipinski definition) is 2. The molecule has 9 heteroatoms. The monoisotopic (exact) mass is 431 g/mol. The number of thiazole rings is 1. The Morgan fingerprint density at radius 2 is 1.88 bits per heavy atom. The molecule has 1 aromatic carbocycles. The number of nitrogens with one attached hydrogen (secondary N) is 2. The SMILES string of the molecule is Cc1csc(NC(=O)[C@@H](NS(=O)(=O)c2ccc(Br)cc2)C(C)C)n1. The van der Waals surface area contributed by atoms with Crippen molar-refractivity contribution >= 4 is 48.3 Å². The summed E-state index contributed by atoms with van der Waals surface area (Å²) in [4.78, 5) is 16.7. The molecule has 2 N–H and O–H groups in total. The van der Waals surface area contributed by atoms with Crippen molar-refractivity contribution in [2.24, 2.45) is 5.92 Å². The van der Waals surface area contributed by atoms with Crippen LogP contribution in [0, 0.1) is 12.8 Å². The molecule has 0 unspecified atom stereocenters. The maximum Gasteiger partial charge on any atom is 0.244 e. The Morgan fingerprint density at radius 3 is 2.38 bits per heavy atom. The quantitative estimate of drug-likeness (QED) is 0.734. The molecular weight excluding hydrogens is 414 g/mol. The standard InChI is InChI=1S/C15H18BrN3O3S2/c1-9(2)13(14(20)18-15-17-10(3)8-23-15)19-24(21,22)12-6-4-11(16)5-7-12/h4-9,13,19H,1-3H3,(H,17,18,20)/t13-/m0/s1. The molecular formula is C15H18BrN3O3S2. The molecule has 6 nitrogen and oxygen atoms in total. The van der Waals surface area contributed by atoms with Crippen LogP contribution in [-0.4, -0.2) is 25.4 Å². The maximum atomic E-state index is 12.5. The van der Waals surface area contributed by atoms with Gasteiger partial charge in [0.15, 0.2) is 5.13 Å². The zero-order valence-electron chi connectivity index (χ0n) is 13.4. The molecule has 0 saturated carbocycles. The van der Waals surface area contributed by atoms with E-state index in [0.717, 1.165) is 10.2 Å². The largest absolute Gasteiger partial charge is 0.301 e. The highest BCUT2D eigenvalue weighted by atomic mass is 79.9. The van der Waals surface area contributed by atoms with Gasteiger partial charge in [0.1, 0.15) is 6.04 Å². The molecule has 1 amide bonds. The van der Waals surface area contributed by atoms with Gasteiger partial charge in [-0.2, -0.15) is 4.72 Å². The van der Waals surface area contributed by atoms with E-state index in [0.29, 0.717) is 5.13 Å². The number of anilines is 1. The number of amides is 1. The Balaban J connectivity index is 2.18. The van der Waals surface area contributed by atoms with Gasteiger partial charge >= 0.3 is 0 Å². The maximum absolute atomic E-state index is 12.5. The number of carbonyl (C=O) groups excluding carboxylic acids is 1. The first-order chi connectivity index (χ1) is 11.2. The average molecular weight is 432 g/mol. The fraction of sp³-hybridized carbons (Fsp3) is 0.333. The van der Waals surface area contributed by atoms with Crippen LogP contribution in [0.5, 0.6) is 0 Å². The minimum Gasteiger partial charge on any atom is -0.301 e. The molecule has 1 aromatic heterocycles. The Bertz CT molecular complexity index is 817. The highest BCUT2D eigenvalue weighted by Crippen LogP contribution is 2.18. The third-order valence-electron chi connectivity index (χ3n) is 3.20. The molecule has 0 spiro atoms. The number of benzene rings is 1. The molecule has 0 bridgehead atoms. The van der Waals surface area contributed by atoms with Crippen molar-refractivity contribution in [2.45, 2.75) is 31.7 Å². The van der Waals surface area contributed by atoms with Gasteiger partial charge in [0.2, 0.25) is 15.9 Å². The third-order valence-corrected chi connectivity index (χ3v) is 6.07. The van der Waals surface area contributed by atoms with E-state index in [1.54, 1.807) is 26.0 Å². The number of hydrogen-bond acceptors (Lipinski definition) is 5. The van der Waals surface area contributed by atoms with Crippen LogP contribution in [0.15, 0.2) is 39.0 Å². The van der Waals surface area contributed by atoms with Crippen LogP contribution in [0.1, 0.15) is 19.5 Å². The number of rotatable bonds is 6. The number of nitrogens with zero attached hydrogens (tertiary/aromatic N) is 1. The summed E-state index contributed by atoms with van der Waals surface area (Å²) >= 11 is 4.56. The highest BCUT2D eigenvalue weighted by Gasteiger charge is 2.28. The van der Waals surface area contributed by atoms with Gasteiger partial charge in [0.25, 0.3) is 0 Å². The van der Waals surface area contributed by atoms with Gasteiger partial charge in [-0.05, 0) is 37.1 Å². The fourth-order valence-electron chi connectivity index (χ4n) is 1.94. The highest BCUT2D eigenvalue weighted by molar-refractivity contribution is 9.10. The zero-order valence-corrected chi connectivity index (χ0v) is 16.6. The van der Waals surface area contributed by atoms with Crippen molar-refractivity contribution in [1.82, 2.24) is 9.71 Å². The van der Waals surface area contributed by atoms with Gasteiger partial charge in [-0.25, -0.2) is 13.4 Å². The lowest BCUT2D eigenvalue weighted by Crippen LogP contribution is -2.47. The van der Waals surface area contributed by atoms with Crippen molar-refractivity contribution in [1.29, 1.82) is 0 Å². The van der Waals surface area contributed by atoms with Crippen LogP contribution in [0.4, 0.5) is 5.13 Å². The topological polar surface area (TPSA) is 88.2 Å². The normalized spacial score (nSPS) is 13.0. The average Bonchev–Trinajstić information content (AvgIpc) is 2.90. The summed E-state index contributed by atoms with van der Waals surface area (Å²) in [7, 11) is -3.80. The Hall–Kier alpha value is -1.29. The fourth-order valence-corrected chi connectivity index (χ4v) is 4.24. The summed E-state index contributed by atoms with van der Waals surface area (Å²) in [5.74, 6) is -0.656. The molecule has 2 aromatic rings. The van der Waals surface area contributed by atoms with Gasteiger partial charge in [-0.1, -0.05) is 29.8 Å². The molecule has 0 aliphatic carbocycles. The molecule has 0 radical (unpaired) electrons. The van der Waals surface area contributed by atoms with Gasteiger partial charge in [0.05, 0.1) is 10.6 Å². The van der Waals surface area contributed by atoms with E-state index < -0.39 is 22.0 Å². The van der Waals surface area contributed by atoms with Crippen LogP contribution >= 0.6 is 27.3 Å². The Kier molecular flexibility index (Phi) is 6.13. The molecule has 0 saturated heterocycles. The van der Waals surface area contributed by atoms with Gasteiger partial charge in [-0.15, -0.1) is 11.3 Å². The minimum atomic E-state index is -3.80. The third kappa shape index (κ3) is 4.85. The van der Waals surface area contributed by atoms with E-state index in [4.69, 9.17) is 0 Å². The van der Waals surface area contributed by atoms with E-state index >= 15 is 0 Å². The predicted molar refractivity (Wildman–Crippen MR) is 98.6 cm³/mol. The minimum absolute atomic E-state index is 0.106. The molecule has 0 fully saturated rings. The van der Waals surface area contributed by atoms with Crippen LogP contribution in [-0.2, 0) is 14.8 Å². The number of aryl methyl sites for hydroxylation is 1. The van der Waals surface area contributed by atoms with Crippen molar-refractivity contribution in [3.63, 3.8) is 0 Å². The van der Waals surface area contributed by atoms with Crippen molar-refractivity contribution in [3.05, 3.63) is 39.8 Å². The second-order valence-corrected chi connectivity index (χ2v) is 9.07. The summed E-state index contributed by atoms with van der Waals surface area (Å²) in [6.45, 7) is 5.38. The lowest BCUT2D eigenvalue weighted by molar-refractivity contribution is -0.118. The van der Waals surface area contributed by atoms with Crippen LogP contribution in [0.3, 0.4) is 0 Å². The summed E-state index contributed by atoms with van der Waals surface area (Å²) in [6, 6.07) is 5.33. The summed E-state index contributed by atoms with van der Waals surface area (Å²) < 4.78 is 28.3. The number of sulfonamides is 1. The van der Waals surface area contributed by atoms with Gasteiger partial charge in [0, 0.05) is 9.85 Å². The van der Waals surface area contributed by atoms with Crippen molar-refractivity contribution in [2.75, 3.05) is 5.32 Å². The van der Waals surface area contributed by atoms with Crippen LogP contribution < -0.4 is 10.0 Å². The van der Waals surface area contributed by atoms with Gasteiger partial charge in [-0.3, -0.25) is 4.79 Å². The molecule has 130 valence electrons. The molecule has 2 rings (SSSR count). The second kappa shape index (κ2) is 7.73. The van der Waals surface area contributed by atoms with E-state index in [1.807, 2.05) is 12.3 Å². The summed E-state index contributed by atoms with van der Waals surface area (Å²) in [5.41, 5.74) is 0.798. The van der Waals surface area contributed by atoms with Crippen molar-refractivity contribution in [3.8, 4) is 0 Å². The van der Waals surface area contributed by atoms with E-state index in [2.05, 4.69) is 31.0 Å². The Morgan fingerprint density at radius 1 is 1.25 bits per heavy atom. The van der Waals surface area contributed by atoms with E-state index in [-0.39, 0.29) is 10.8 Å². The van der Waals surface area contributed by atoms with Crippen LogP contribution in [0.2, 0.25) is 0 Å². The summed E-state index contributed by atoms with van der Waals surface area (Å²) in [5, 5.41) is 4.92. The molecule has 0 aliphatic heterocycles. The van der Waals surface area contributed by atoms with E-state index in [9.17, 15) is 13.2 Å². The Labute approximate surface area is 153 Å². The zero-order chi connectivity index (χ0) is 17.9. The van der Waals surface area contributed by atoms with Crippen molar-refractivity contribution < 1.29 is 13.2 Å². The van der Waals surface area contributed by atoms with E-state index in [1.165, 1.54) is 23.5 Å². The number of halogens is 1.